The third kappa shape index (κ3) is 1.21. The normalized spacial score (nSPS) is 13.0. The van der Waals surface area contributed by atoms with Gasteiger partial charge in [0.15, 0.2) is 12.4 Å². The number of hydrogen-bond donors (Lipinski definition) is 1. The van der Waals surface area contributed by atoms with Crippen LogP contribution in [0.15, 0.2) is 36.5 Å². The SMILES string of the molecule is O=C(O)c1cc2cccc3c2[n+](c1)C=CC3. The Morgan fingerprint density at radius 1 is 1.38 bits per heavy atom. The molecule has 0 saturated carbocycles. The summed E-state index contributed by atoms with van der Waals surface area (Å²) in [6.07, 6.45) is 6.52. The van der Waals surface area contributed by atoms with Crippen molar-refractivity contribution in [2.45, 2.75) is 6.42 Å². The number of nitrogens with zero attached hydrogens (tertiary/aromatic N) is 1. The first-order valence-corrected chi connectivity index (χ1v) is 5.12. The van der Waals surface area contributed by atoms with Gasteiger partial charge in [0.05, 0.1) is 0 Å². The average molecular weight is 212 g/mol. The van der Waals surface area contributed by atoms with Crippen LogP contribution in [0, 0.1) is 0 Å². The van der Waals surface area contributed by atoms with Crippen molar-refractivity contribution in [3.63, 3.8) is 0 Å². The van der Waals surface area contributed by atoms with Gasteiger partial charge in [-0.2, -0.15) is 4.57 Å². The monoisotopic (exact) mass is 212 g/mol. The third-order valence-corrected chi connectivity index (χ3v) is 2.85. The molecule has 0 fully saturated rings. The van der Waals surface area contributed by atoms with Crippen molar-refractivity contribution in [3.05, 3.63) is 47.7 Å². The van der Waals surface area contributed by atoms with Crippen LogP contribution < -0.4 is 4.57 Å². The van der Waals surface area contributed by atoms with Gasteiger partial charge >= 0.3 is 5.97 Å². The molecule has 16 heavy (non-hydrogen) atoms. The Kier molecular flexibility index (Phi) is 1.80. The van der Waals surface area contributed by atoms with Crippen LogP contribution in [0.4, 0.5) is 0 Å². The summed E-state index contributed by atoms with van der Waals surface area (Å²) < 4.78 is 1.89. The van der Waals surface area contributed by atoms with Crippen LogP contribution in [-0.2, 0) is 6.42 Å². The van der Waals surface area contributed by atoms with Crippen LogP contribution in [0.3, 0.4) is 0 Å². The highest BCUT2D eigenvalue weighted by molar-refractivity contribution is 5.92. The zero-order valence-electron chi connectivity index (χ0n) is 8.55. The van der Waals surface area contributed by atoms with Gasteiger partial charge < -0.3 is 5.11 Å². The average Bonchev–Trinajstić information content (AvgIpc) is 2.29. The molecule has 3 heteroatoms. The summed E-state index contributed by atoms with van der Waals surface area (Å²) >= 11 is 0. The maximum atomic E-state index is 11.0. The molecule has 0 radical (unpaired) electrons. The standard InChI is InChI=1S/C13H9NO2/c15-13(16)11-7-10-4-1-3-9-5-2-6-14(8-11)12(9)10/h1-4,6-8H,5H2/p+1. The summed E-state index contributed by atoms with van der Waals surface area (Å²) in [6.45, 7) is 0. The van der Waals surface area contributed by atoms with E-state index in [1.165, 1.54) is 5.56 Å². The quantitative estimate of drug-likeness (QED) is 0.733. The van der Waals surface area contributed by atoms with Gasteiger partial charge in [-0.3, -0.25) is 0 Å². The number of rotatable bonds is 1. The van der Waals surface area contributed by atoms with E-state index in [9.17, 15) is 4.79 Å². The molecular weight excluding hydrogens is 202 g/mol. The van der Waals surface area contributed by atoms with Crippen LogP contribution in [0.1, 0.15) is 15.9 Å². The maximum Gasteiger partial charge on any atom is 0.341 e. The van der Waals surface area contributed by atoms with E-state index < -0.39 is 5.97 Å². The minimum atomic E-state index is -0.893. The predicted molar refractivity (Wildman–Crippen MR) is 60.1 cm³/mol. The number of hydrogen-bond acceptors (Lipinski definition) is 1. The molecule has 1 aromatic carbocycles. The minimum Gasteiger partial charge on any atom is -0.477 e. The van der Waals surface area contributed by atoms with E-state index in [2.05, 4.69) is 6.07 Å². The number of benzene rings is 1. The number of carboxylic acids is 1. The van der Waals surface area contributed by atoms with Crippen molar-refractivity contribution in [2.75, 3.05) is 0 Å². The lowest BCUT2D eigenvalue weighted by Crippen LogP contribution is -2.31. The van der Waals surface area contributed by atoms with Gasteiger partial charge in [0.2, 0.25) is 5.52 Å². The van der Waals surface area contributed by atoms with E-state index in [0.717, 1.165) is 17.3 Å². The van der Waals surface area contributed by atoms with Crippen molar-refractivity contribution in [2.24, 2.45) is 0 Å². The number of carbonyl (C=O) groups is 1. The van der Waals surface area contributed by atoms with E-state index in [4.69, 9.17) is 5.11 Å². The van der Waals surface area contributed by atoms with Crippen LogP contribution >= 0.6 is 0 Å². The molecule has 0 bridgehead atoms. The van der Waals surface area contributed by atoms with E-state index in [0.29, 0.717) is 5.56 Å². The lowest BCUT2D eigenvalue weighted by Gasteiger charge is -2.06. The van der Waals surface area contributed by atoms with Crippen LogP contribution in [0.5, 0.6) is 0 Å². The summed E-state index contributed by atoms with van der Waals surface area (Å²) in [7, 11) is 0. The highest BCUT2D eigenvalue weighted by Gasteiger charge is 2.18. The Morgan fingerprint density at radius 3 is 3.06 bits per heavy atom. The zero-order valence-corrected chi connectivity index (χ0v) is 8.55. The highest BCUT2D eigenvalue weighted by Crippen LogP contribution is 2.19. The first-order valence-electron chi connectivity index (χ1n) is 5.12. The molecule has 1 aliphatic rings. The second kappa shape index (κ2) is 3.17. The highest BCUT2D eigenvalue weighted by atomic mass is 16.4. The van der Waals surface area contributed by atoms with Crippen molar-refractivity contribution >= 4 is 23.1 Å². The van der Waals surface area contributed by atoms with Crippen LogP contribution in [0.25, 0.3) is 17.1 Å². The van der Waals surface area contributed by atoms with Crippen molar-refractivity contribution in [1.82, 2.24) is 0 Å². The van der Waals surface area contributed by atoms with Crippen LogP contribution in [0.2, 0.25) is 0 Å². The Balaban J connectivity index is 2.43. The van der Waals surface area contributed by atoms with Gasteiger partial charge in [-0.05, 0) is 18.2 Å². The Labute approximate surface area is 92.3 Å². The number of pyridine rings is 1. The third-order valence-electron chi connectivity index (χ3n) is 2.85. The molecule has 0 aliphatic carbocycles. The van der Waals surface area contributed by atoms with Gasteiger partial charge in [0.1, 0.15) is 5.56 Å². The fourth-order valence-electron chi connectivity index (χ4n) is 2.15. The lowest BCUT2D eigenvalue weighted by molar-refractivity contribution is -0.540. The second-order valence-corrected chi connectivity index (χ2v) is 3.89. The predicted octanol–water partition coefficient (Wildman–Crippen LogP) is 1.85. The van der Waals surface area contributed by atoms with Gasteiger partial charge in [0, 0.05) is 17.4 Å². The fourth-order valence-corrected chi connectivity index (χ4v) is 2.15. The second-order valence-electron chi connectivity index (χ2n) is 3.89. The lowest BCUT2D eigenvalue weighted by atomic mass is 10.0. The maximum absolute atomic E-state index is 11.0. The van der Waals surface area contributed by atoms with E-state index in [1.807, 2.05) is 29.0 Å². The molecule has 2 heterocycles. The first-order chi connectivity index (χ1) is 7.75. The van der Waals surface area contributed by atoms with Gasteiger partial charge in [-0.1, -0.05) is 12.1 Å². The molecule has 0 saturated heterocycles. The molecule has 1 aliphatic heterocycles. The molecule has 2 aromatic rings. The molecule has 0 unspecified atom stereocenters. The van der Waals surface area contributed by atoms with E-state index >= 15 is 0 Å². The van der Waals surface area contributed by atoms with E-state index in [-0.39, 0.29) is 0 Å². The number of allylic oxidation sites excluding steroid dienone is 1. The van der Waals surface area contributed by atoms with Crippen molar-refractivity contribution < 1.29 is 14.5 Å². The number of para-hydroxylation sites is 1. The molecule has 0 spiro atoms. The molecule has 3 rings (SSSR count). The summed E-state index contributed by atoms with van der Waals surface area (Å²) in [5, 5.41) is 9.99. The summed E-state index contributed by atoms with van der Waals surface area (Å²) in [4.78, 5) is 11.0. The zero-order chi connectivity index (χ0) is 11.1. The fraction of sp³-hybridized carbons (Fsp3) is 0.0769. The molecule has 0 amide bonds. The van der Waals surface area contributed by atoms with Gasteiger partial charge in [-0.15, -0.1) is 0 Å². The smallest absolute Gasteiger partial charge is 0.341 e. The van der Waals surface area contributed by atoms with Crippen molar-refractivity contribution in [3.8, 4) is 0 Å². The van der Waals surface area contributed by atoms with Crippen LogP contribution in [-0.4, -0.2) is 11.1 Å². The number of aromatic nitrogens is 1. The summed E-state index contributed by atoms with van der Waals surface area (Å²) in [6, 6.07) is 7.70. The summed E-state index contributed by atoms with van der Waals surface area (Å²) in [5.41, 5.74) is 2.66. The Bertz CT molecular complexity index is 629. The molecule has 1 aromatic heterocycles. The molecule has 78 valence electrons. The molecular formula is C13H10NO2+. The minimum absolute atomic E-state index is 0.316. The molecule has 0 atom stereocenters. The summed E-state index contributed by atoms with van der Waals surface area (Å²) in [5.74, 6) is -0.893. The number of aromatic carboxylic acids is 1. The molecule has 1 N–H and O–H groups in total. The first kappa shape index (κ1) is 9.09. The van der Waals surface area contributed by atoms with E-state index in [1.54, 1.807) is 12.3 Å². The topological polar surface area (TPSA) is 41.2 Å². The number of carboxylic acid groups (broad SMARTS) is 1. The van der Waals surface area contributed by atoms with Crippen molar-refractivity contribution in [1.29, 1.82) is 0 Å². The Morgan fingerprint density at radius 2 is 2.25 bits per heavy atom. The molecule has 3 nitrogen and oxygen atoms in total. The van der Waals surface area contributed by atoms with Gasteiger partial charge in [-0.25, -0.2) is 4.79 Å². The Hall–Kier alpha value is -2.16. The largest absolute Gasteiger partial charge is 0.477 e. The van der Waals surface area contributed by atoms with Gasteiger partial charge in [0.25, 0.3) is 0 Å².